The number of carbonyl (C=O) groups excluding carboxylic acids is 1. The van der Waals surface area contributed by atoms with E-state index in [1.165, 1.54) is 6.07 Å². The summed E-state index contributed by atoms with van der Waals surface area (Å²) < 4.78 is 32.9. The summed E-state index contributed by atoms with van der Waals surface area (Å²) in [5.74, 6) is 0.461. The molecule has 6 nitrogen and oxygen atoms in total. The number of aryl methyl sites for hydroxylation is 1. The number of methoxy groups -OCH3 is 1. The van der Waals surface area contributed by atoms with Crippen LogP contribution in [-0.4, -0.2) is 38.8 Å². The molecule has 0 aromatic heterocycles. The maximum absolute atomic E-state index is 13.1. The van der Waals surface area contributed by atoms with E-state index < -0.39 is 10.0 Å². The first-order chi connectivity index (χ1) is 14.3. The Hall–Kier alpha value is -2.38. The Bertz CT molecular complexity index is 979. The molecule has 2 aromatic rings. The minimum Gasteiger partial charge on any atom is -0.497 e. The molecule has 1 N–H and O–H groups in total. The van der Waals surface area contributed by atoms with Crippen LogP contribution >= 0.6 is 0 Å². The second kappa shape index (κ2) is 9.62. The van der Waals surface area contributed by atoms with Gasteiger partial charge in [0.25, 0.3) is 5.91 Å². The molecular weight excluding hydrogens is 400 g/mol. The van der Waals surface area contributed by atoms with Gasteiger partial charge in [0.15, 0.2) is 0 Å². The van der Waals surface area contributed by atoms with Crippen molar-refractivity contribution in [3.05, 3.63) is 59.2 Å². The summed E-state index contributed by atoms with van der Waals surface area (Å²) in [6.07, 6.45) is 3.85. The molecule has 1 heterocycles. The summed E-state index contributed by atoms with van der Waals surface area (Å²) in [5.41, 5.74) is 2.06. The van der Waals surface area contributed by atoms with E-state index in [0.717, 1.165) is 42.6 Å². The highest BCUT2D eigenvalue weighted by atomic mass is 32.2. The first-order valence-corrected chi connectivity index (χ1v) is 11.8. The molecule has 1 aliphatic heterocycles. The quantitative estimate of drug-likeness (QED) is 0.750. The molecule has 0 aliphatic carbocycles. The van der Waals surface area contributed by atoms with E-state index in [4.69, 9.17) is 4.74 Å². The normalized spacial score (nSPS) is 16.5. The summed E-state index contributed by atoms with van der Waals surface area (Å²) in [5, 5.41) is 2.97. The average Bonchev–Trinajstić information content (AvgIpc) is 3.04. The molecule has 0 saturated carbocycles. The lowest BCUT2D eigenvalue weighted by atomic mass is 10.1. The fraction of sp³-hybridized carbons (Fsp3) is 0.435. The van der Waals surface area contributed by atoms with Crippen LogP contribution in [0.5, 0.6) is 5.75 Å². The van der Waals surface area contributed by atoms with Crippen molar-refractivity contribution in [3.63, 3.8) is 0 Å². The van der Waals surface area contributed by atoms with E-state index in [9.17, 15) is 13.2 Å². The van der Waals surface area contributed by atoms with Crippen molar-refractivity contribution in [3.8, 4) is 5.75 Å². The van der Waals surface area contributed by atoms with Crippen molar-refractivity contribution in [2.24, 2.45) is 0 Å². The number of nitrogens with one attached hydrogen (secondary N) is 1. The SMILES string of the molecule is COc1ccc([C@@H](C)NC(=O)c2cc(S(=O)(=O)N3CCCCCC3)ccc2C)cc1. The summed E-state index contributed by atoms with van der Waals surface area (Å²) >= 11 is 0. The lowest BCUT2D eigenvalue weighted by Crippen LogP contribution is -2.32. The van der Waals surface area contributed by atoms with Gasteiger partial charge in [0.05, 0.1) is 18.0 Å². The molecule has 1 atom stereocenters. The van der Waals surface area contributed by atoms with Gasteiger partial charge < -0.3 is 10.1 Å². The number of carbonyl (C=O) groups is 1. The number of hydrogen-bond acceptors (Lipinski definition) is 4. The van der Waals surface area contributed by atoms with E-state index in [-0.39, 0.29) is 16.8 Å². The first-order valence-electron chi connectivity index (χ1n) is 10.4. The van der Waals surface area contributed by atoms with Crippen LogP contribution in [0.3, 0.4) is 0 Å². The van der Waals surface area contributed by atoms with Crippen LogP contribution in [0.25, 0.3) is 0 Å². The molecule has 2 aromatic carbocycles. The van der Waals surface area contributed by atoms with Crippen molar-refractivity contribution in [1.29, 1.82) is 0 Å². The number of nitrogens with zero attached hydrogens (tertiary/aromatic N) is 1. The van der Waals surface area contributed by atoms with Crippen molar-refractivity contribution >= 4 is 15.9 Å². The zero-order chi connectivity index (χ0) is 21.7. The zero-order valence-corrected chi connectivity index (χ0v) is 18.7. The summed E-state index contributed by atoms with van der Waals surface area (Å²) in [6.45, 7) is 4.78. The minimum atomic E-state index is -3.61. The van der Waals surface area contributed by atoms with Gasteiger partial charge in [-0.1, -0.05) is 31.0 Å². The van der Waals surface area contributed by atoms with Crippen LogP contribution in [0, 0.1) is 6.92 Å². The second-order valence-corrected chi connectivity index (χ2v) is 9.70. The Morgan fingerprint density at radius 1 is 1.03 bits per heavy atom. The standard InChI is InChI=1S/C23H30N2O4S/c1-17-8-13-21(30(27,28)25-14-6-4-5-7-15-25)16-22(17)23(26)24-18(2)19-9-11-20(29-3)12-10-19/h8-13,16,18H,4-7,14-15H2,1-3H3,(H,24,26)/t18-/m1/s1. The Balaban J connectivity index is 1.80. The molecule has 30 heavy (non-hydrogen) atoms. The number of benzene rings is 2. The number of hydrogen-bond donors (Lipinski definition) is 1. The molecular formula is C23H30N2O4S. The van der Waals surface area contributed by atoms with E-state index in [2.05, 4.69) is 5.32 Å². The van der Waals surface area contributed by atoms with Crippen molar-refractivity contribution < 1.29 is 17.9 Å². The Morgan fingerprint density at radius 3 is 2.27 bits per heavy atom. The molecule has 1 saturated heterocycles. The zero-order valence-electron chi connectivity index (χ0n) is 17.8. The molecule has 0 bridgehead atoms. The molecule has 0 spiro atoms. The maximum Gasteiger partial charge on any atom is 0.252 e. The molecule has 1 fully saturated rings. The Kier molecular flexibility index (Phi) is 7.15. The predicted octanol–water partition coefficient (Wildman–Crippen LogP) is 4.06. The van der Waals surface area contributed by atoms with Crippen molar-refractivity contribution in [2.45, 2.75) is 50.5 Å². The third kappa shape index (κ3) is 5.02. The third-order valence-electron chi connectivity index (χ3n) is 5.62. The van der Waals surface area contributed by atoms with Crippen LogP contribution in [-0.2, 0) is 10.0 Å². The second-order valence-electron chi connectivity index (χ2n) is 7.76. The lowest BCUT2D eigenvalue weighted by molar-refractivity contribution is 0.0939. The Morgan fingerprint density at radius 2 is 1.67 bits per heavy atom. The predicted molar refractivity (Wildman–Crippen MR) is 117 cm³/mol. The van der Waals surface area contributed by atoms with Gasteiger partial charge in [-0.25, -0.2) is 8.42 Å². The molecule has 0 unspecified atom stereocenters. The summed E-state index contributed by atoms with van der Waals surface area (Å²) in [6, 6.07) is 12.1. The fourth-order valence-corrected chi connectivity index (χ4v) is 5.23. The minimum absolute atomic E-state index is 0.178. The number of sulfonamides is 1. The smallest absolute Gasteiger partial charge is 0.252 e. The van der Waals surface area contributed by atoms with Gasteiger partial charge in [0, 0.05) is 18.7 Å². The van der Waals surface area contributed by atoms with E-state index in [1.54, 1.807) is 23.5 Å². The van der Waals surface area contributed by atoms with Crippen LogP contribution in [0.15, 0.2) is 47.4 Å². The number of rotatable bonds is 6. The molecule has 1 amide bonds. The molecule has 1 aliphatic rings. The van der Waals surface area contributed by atoms with Crippen LogP contribution in [0.1, 0.15) is 60.1 Å². The summed E-state index contributed by atoms with van der Waals surface area (Å²) in [4.78, 5) is 13.1. The fourth-order valence-electron chi connectivity index (χ4n) is 3.69. The van der Waals surface area contributed by atoms with Gasteiger partial charge in [-0.05, 0) is 62.1 Å². The highest BCUT2D eigenvalue weighted by molar-refractivity contribution is 7.89. The first kappa shape index (κ1) is 22.3. The third-order valence-corrected chi connectivity index (χ3v) is 7.51. The van der Waals surface area contributed by atoms with Gasteiger partial charge in [-0.15, -0.1) is 0 Å². The van der Waals surface area contributed by atoms with Gasteiger partial charge in [0.1, 0.15) is 5.75 Å². The molecule has 0 radical (unpaired) electrons. The van der Waals surface area contributed by atoms with Crippen LogP contribution in [0.2, 0.25) is 0 Å². The highest BCUT2D eigenvalue weighted by Crippen LogP contribution is 2.24. The maximum atomic E-state index is 13.1. The van der Waals surface area contributed by atoms with Crippen LogP contribution < -0.4 is 10.1 Å². The monoisotopic (exact) mass is 430 g/mol. The molecule has 162 valence electrons. The van der Waals surface area contributed by atoms with E-state index >= 15 is 0 Å². The molecule has 7 heteroatoms. The van der Waals surface area contributed by atoms with Crippen LogP contribution in [0.4, 0.5) is 0 Å². The highest BCUT2D eigenvalue weighted by Gasteiger charge is 2.26. The van der Waals surface area contributed by atoms with Gasteiger partial charge >= 0.3 is 0 Å². The molecule has 3 rings (SSSR count). The van der Waals surface area contributed by atoms with Gasteiger partial charge in [0.2, 0.25) is 10.0 Å². The lowest BCUT2D eigenvalue weighted by Gasteiger charge is -2.21. The average molecular weight is 431 g/mol. The van der Waals surface area contributed by atoms with E-state index in [1.807, 2.05) is 38.1 Å². The Labute approximate surface area is 179 Å². The number of ether oxygens (including phenoxy) is 1. The summed E-state index contributed by atoms with van der Waals surface area (Å²) in [7, 11) is -2.00. The van der Waals surface area contributed by atoms with Crippen molar-refractivity contribution in [1.82, 2.24) is 9.62 Å². The largest absolute Gasteiger partial charge is 0.497 e. The van der Waals surface area contributed by atoms with Gasteiger partial charge in [-0.2, -0.15) is 4.31 Å². The number of amides is 1. The van der Waals surface area contributed by atoms with Crippen molar-refractivity contribution in [2.75, 3.05) is 20.2 Å². The topological polar surface area (TPSA) is 75.7 Å². The van der Waals surface area contributed by atoms with E-state index in [0.29, 0.717) is 18.7 Å². The van der Waals surface area contributed by atoms with Gasteiger partial charge in [-0.3, -0.25) is 4.79 Å².